The normalized spacial score (nSPS) is 14.8. The highest BCUT2D eigenvalue weighted by atomic mass is 32.1. The molecule has 1 heterocycles. The van der Waals surface area contributed by atoms with Gasteiger partial charge in [-0.15, -0.1) is 11.3 Å². The Balaban J connectivity index is 1.62. The van der Waals surface area contributed by atoms with Crippen LogP contribution in [0.15, 0.2) is 30.3 Å². The third-order valence-electron chi connectivity index (χ3n) is 3.69. The Bertz CT molecular complexity index is 647. The van der Waals surface area contributed by atoms with E-state index in [-0.39, 0.29) is 18.0 Å². The van der Waals surface area contributed by atoms with Gasteiger partial charge in [-0.2, -0.15) is 0 Å². The lowest BCUT2D eigenvalue weighted by Crippen LogP contribution is -2.28. The Kier molecular flexibility index (Phi) is 4.03. The summed E-state index contributed by atoms with van der Waals surface area (Å²) in [5.41, 5.74) is 1.46. The van der Waals surface area contributed by atoms with E-state index >= 15 is 0 Å². The highest BCUT2D eigenvalue weighted by Gasteiger charge is 2.19. The lowest BCUT2D eigenvalue weighted by molar-refractivity contribution is 0.0918. The average Bonchev–Trinajstić information content (AvgIpc) is 3.06. The van der Waals surface area contributed by atoms with Gasteiger partial charge < -0.3 is 10.4 Å². The third-order valence-corrected chi connectivity index (χ3v) is 4.93. The van der Waals surface area contributed by atoms with Crippen LogP contribution in [-0.2, 0) is 12.8 Å². The number of thiophene rings is 1. The fourth-order valence-electron chi connectivity index (χ4n) is 2.57. The minimum Gasteiger partial charge on any atom is -0.386 e. The summed E-state index contributed by atoms with van der Waals surface area (Å²) in [6.07, 6.45) is 2.21. The van der Waals surface area contributed by atoms with E-state index in [1.54, 1.807) is 12.1 Å². The smallest absolute Gasteiger partial charge is 0.261 e. The summed E-state index contributed by atoms with van der Waals surface area (Å²) in [5.74, 6) is -0.667. The van der Waals surface area contributed by atoms with Crippen LogP contribution in [0.25, 0.3) is 0 Å². The lowest BCUT2D eigenvalue weighted by atomic mass is 10.1. The first kappa shape index (κ1) is 14.2. The molecule has 1 aliphatic rings. The molecule has 0 saturated carbocycles. The van der Waals surface area contributed by atoms with Gasteiger partial charge in [0.2, 0.25) is 0 Å². The van der Waals surface area contributed by atoms with Crippen LogP contribution in [0, 0.1) is 5.82 Å². The molecule has 3 nitrogen and oxygen atoms in total. The van der Waals surface area contributed by atoms with Gasteiger partial charge >= 0.3 is 0 Å². The number of amides is 1. The zero-order chi connectivity index (χ0) is 14.8. The second-order valence-electron chi connectivity index (χ2n) is 5.16. The van der Waals surface area contributed by atoms with Crippen molar-refractivity contribution in [1.82, 2.24) is 5.32 Å². The molecule has 0 saturated heterocycles. The maximum atomic E-state index is 13.5. The zero-order valence-electron chi connectivity index (χ0n) is 11.4. The van der Waals surface area contributed by atoms with Crippen molar-refractivity contribution in [2.24, 2.45) is 0 Å². The van der Waals surface area contributed by atoms with E-state index in [1.165, 1.54) is 33.9 Å². The molecule has 1 unspecified atom stereocenters. The number of nitrogens with one attached hydrogen (secondary N) is 1. The summed E-state index contributed by atoms with van der Waals surface area (Å²) in [4.78, 5) is 14.0. The summed E-state index contributed by atoms with van der Waals surface area (Å²) in [6.45, 7) is 0.00231. The molecule has 5 heteroatoms. The Morgan fingerprint density at radius 3 is 2.95 bits per heavy atom. The molecule has 2 N–H and O–H groups in total. The highest BCUT2D eigenvalue weighted by Crippen LogP contribution is 2.30. The molecular formula is C16H16FNO2S. The van der Waals surface area contributed by atoms with Crippen molar-refractivity contribution < 1.29 is 14.3 Å². The quantitative estimate of drug-likeness (QED) is 0.912. The number of halogens is 1. The van der Waals surface area contributed by atoms with Crippen LogP contribution in [0.2, 0.25) is 0 Å². The van der Waals surface area contributed by atoms with E-state index in [0.717, 1.165) is 19.3 Å². The van der Waals surface area contributed by atoms with E-state index in [4.69, 9.17) is 0 Å². The predicted octanol–water partition coefficient (Wildman–Crippen LogP) is 2.84. The maximum absolute atomic E-state index is 13.5. The molecule has 1 atom stereocenters. The molecule has 2 aromatic rings. The summed E-state index contributed by atoms with van der Waals surface area (Å²) >= 11 is 1.51. The molecule has 0 radical (unpaired) electrons. The first-order valence-electron chi connectivity index (χ1n) is 6.97. The standard InChI is InChI=1S/C16H16FNO2S/c17-12-6-2-1-5-11(12)13(19)9-18-16(20)15-8-10-4-3-7-14(10)21-15/h1-2,5-6,8,13,19H,3-4,7,9H2,(H,18,20). The minimum absolute atomic E-state index is 0.00231. The fourth-order valence-corrected chi connectivity index (χ4v) is 3.74. The van der Waals surface area contributed by atoms with Gasteiger partial charge in [-0.3, -0.25) is 4.79 Å². The van der Waals surface area contributed by atoms with E-state index in [9.17, 15) is 14.3 Å². The molecule has 0 aliphatic heterocycles. The van der Waals surface area contributed by atoms with Crippen molar-refractivity contribution in [2.45, 2.75) is 25.4 Å². The van der Waals surface area contributed by atoms with Crippen LogP contribution in [0.5, 0.6) is 0 Å². The number of carbonyl (C=O) groups is 1. The van der Waals surface area contributed by atoms with Gasteiger partial charge in [-0.05, 0) is 37.0 Å². The van der Waals surface area contributed by atoms with Crippen LogP contribution in [-0.4, -0.2) is 17.6 Å². The fraction of sp³-hybridized carbons (Fsp3) is 0.312. The SMILES string of the molecule is O=C(NCC(O)c1ccccc1F)c1cc2c(s1)CCC2. The van der Waals surface area contributed by atoms with Crippen LogP contribution in [0.3, 0.4) is 0 Å². The molecule has 0 spiro atoms. The van der Waals surface area contributed by atoms with Gasteiger partial charge in [0.25, 0.3) is 5.91 Å². The van der Waals surface area contributed by atoms with Crippen LogP contribution in [0.1, 0.15) is 38.2 Å². The minimum atomic E-state index is -1.04. The van der Waals surface area contributed by atoms with Gasteiger partial charge in [0.05, 0.1) is 11.0 Å². The van der Waals surface area contributed by atoms with Gasteiger partial charge in [0, 0.05) is 17.0 Å². The van der Waals surface area contributed by atoms with E-state index < -0.39 is 11.9 Å². The second kappa shape index (κ2) is 5.95. The number of carbonyl (C=O) groups excluding carboxylic acids is 1. The van der Waals surface area contributed by atoms with Gasteiger partial charge in [0.15, 0.2) is 0 Å². The number of aliphatic hydroxyl groups excluding tert-OH is 1. The molecule has 21 heavy (non-hydrogen) atoms. The second-order valence-corrected chi connectivity index (χ2v) is 6.30. The van der Waals surface area contributed by atoms with Crippen molar-refractivity contribution in [2.75, 3.05) is 6.54 Å². The number of hydrogen-bond acceptors (Lipinski definition) is 3. The first-order valence-corrected chi connectivity index (χ1v) is 7.79. The van der Waals surface area contributed by atoms with Crippen LogP contribution >= 0.6 is 11.3 Å². The zero-order valence-corrected chi connectivity index (χ0v) is 12.3. The molecule has 1 aliphatic carbocycles. The molecule has 0 fully saturated rings. The van der Waals surface area contributed by atoms with E-state index in [2.05, 4.69) is 5.32 Å². The number of rotatable bonds is 4. The average molecular weight is 305 g/mol. The van der Waals surface area contributed by atoms with Crippen molar-refractivity contribution >= 4 is 17.2 Å². The van der Waals surface area contributed by atoms with Crippen molar-refractivity contribution in [3.8, 4) is 0 Å². The van der Waals surface area contributed by atoms with Gasteiger partial charge in [0.1, 0.15) is 5.82 Å². The van der Waals surface area contributed by atoms with Crippen LogP contribution < -0.4 is 5.32 Å². The van der Waals surface area contributed by atoms with E-state index in [0.29, 0.717) is 4.88 Å². The third kappa shape index (κ3) is 2.99. The van der Waals surface area contributed by atoms with Gasteiger partial charge in [-0.25, -0.2) is 4.39 Å². The Labute approximate surface area is 126 Å². The van der Waals surface area contributed by atoms with E-state index in [1.807, 2.05) is 6.07 Å². The van der Waals surface area contributed by atoms with Crippen LogP contribution in [0.4, 0.5) is 4.39 Å². The monoisotopic (exact) mass is 305 g/mol. The maximum Gasteiger partial charge on any atom is 0.261 e. The van der Waals surface area contributed by atoms with Crippen molar-refractivity contribution in [3.63, 3.8) is 0 Å². The van der Waals surface area contributed by atoms with Crippen molar-refractivity contribution in [3.05, 3.63) is 57.0 Å². The molecule has 3 rings (SSSR count). The number of fused-ring (bicyclic) bond motifs is 1. The Hall–Kier alpha value is -1.72. The molecule has 0 bridgehead atoms. The van der Waals surface area contributed by atoms with Gasteiger partial charge in [-0.1, -0.05) is 18.2 Å². The molecule has 1 aromatic carbocycles. The number of hydrogen-bond donors (Lipinski definition) is 2. The summed E-state index contributed by atoms with van der Waals surface area (Å²) in [5, 5.41) is 12.6. The summed E-state index contributed by atoms with van der Waals surface area (Å²) in [7, 11) is 0. The predicted molar refractivity (Wildman–Crippen MR) is 80.0 cm³/mol. The highest BCUT2D eigenvalue weighted by molar-refractivity contribution is 7.14. The van der Waals surface area contributed by atoms with Crippen molar-refractivity contribution in [1.29, 1.82) is 0 Å². The number of aryl methyl sites for hydroxylation is 2. The largest absolute Gasteiger partial charge is 0.386 e. The lowest BCUT2D eigenvalue weighted by Gasteiger charge is -2.12. The number of aliphatic hydroxyl groups is 1. The number of benzene rings is 1. The first-order chi connectivity index (χ1) is 10.1. The Morgan fingerprint density at radius 2 is 2.19 bits per heavy atom. The summed E-state index contributed by atoms with van der Waals surface area (Å²) in [6, 6.07) is 7.97. The Morgan fingerprint density at radius 1 is 1.38 bits per heavy atom. The summed E-state index contributed by atoms with van der Waals surface area (Å²) < 4.78 is 13.5. The topological polar surface area (TPSA) is 49.3 Å². The molecule has 1 aromatic heterocycles. The molecule has 110 valence electrons. The molecular weight excluding hydrogens is 289 g/mol. The molecule has 1 amide bonds.